The number of hydrogen-bond donors (Lipinski definition) is 2. The molecule has 1 heterocycles. The Hall–Kier alpha value is -2.64. The van der Waals surface area contributed by atoms with Crippen molar-refractivity contribution in [2.75, 3.05) is 7.11 Å². The summed E-state index contributed by atoms with van der Waals surface area (Å²) in [7, 11) is 1.41. The van der Waals surface area contributed by atoms with Gasteiger partial charge in [0.15, 0.2) is 17.4 Å². The summed E-state index contributed by atoms with van der Waals surface area (Å²) >= 11 is 0. The second-order valence-corrected chi connectivity index (χ2v) is 4.98. The van der Waals surface area contributed by atoms with Crippen LogP contribution in [-0.2, 0) is 13.1 Å². The number of rotatable bonds is 6. The molecule has 1 atom stereocenters. The van der Waals surface area contributed by atoms with E-state index in [1.165, 1.54) is 19.2 Å². The summed E-state index contributed by atoms with van der Waals surface area (Å²) in [5.74, 6) is 0.380. The van der Waals surface area contributed by atoms with Crippen molar-refractivity contribution in [2.24, 2.45) is 0 Å². The normalized spacial score (nSPS) is 11.8. The first kappa shape index (κ1) is 16.7. The molecule has 0 radical (unpaired) electrons. The Balaban J connectivity index is 1.90. The van der Waals surface area contributed by atoms with Crippen molar-refractivity contribution in [1.29, 1.82) is 0 Å². The summed E-state index contributed by atoms with van der Waals surface area (Å²) in [6.07, 6.45) is 1.61. The van der Waals surface area contributed by atoms with E-state index in [9.17, 15) is 9.18 Å². The summed E-state index contributed by atoms with van der Waals surface area (Å²) in [4.78, 5) is 11.9. The van der Waals surface area contributed by atoms with Crippen LogP contribution in [0.5, 0.6) is 5.75 Å². The van der Waals surface area contributed by atoms with Crippen LogP contribution in [0.3, 0.4) is 0 Å². The van der Waals surface area contributed by atoms with Crippen LogP contribution in [-0.4, -0.2) is 27.9 Å². The molecule has 0 saturated carbocycles. The van der Waals surface area contributed by atoms with E-state index >= 15 is 0 Å². The Morgan fingerprint density at radius 2 is 2.26 bits per heavy atom. The van der Waals surface area contributed by atoms with Gasteiger partial charge in [-0.1, -0.05) is 6.07 Å². The topological polar surface area (TPSA) is 81.1 Å². The van der Waals surface area contributed by atoms with Crippen molar-refractivity contribution < 1.29 is 13.9 Å². The van der Waals surface area contributed by atoms with Gasteiger partial charge in [0, 0.05) is 6.54 Å². The Morgan fingerprint density at radius 1 is 1.48 bits per heavy atom. The van der Waals surface area contributed by atoms with E-state index in [0.29, 0.717) is 11.4 Å². The zero-order valence-electron chi connectivity index (χ0n) is 13.3. The molecule has 8 heteroatoms. The first-order valence-electron chi connectivity index (χ1n) is 7.29. The second-order valence-electron chi connectivity index (χ2n) is 4.98. The Labute approximate surface area is 133 Å². The maximum absolute atomic E-state index is 13.7. The molecule has 2 amide bonds. The van der Waals surface area contributed by atoms with Crippen molar-refractivity contribution in [3.63, 3.8) is 0 Å². The number of nitrogens with zero attached hydrogens (tertiary/aromatic N) is 3. The highest BCUT2D eigenvalue weighted by molar-refractivity contribution is 5.74. The third-order valence-corrected chi connectivity index (χ3v) is 3.47. The molecule has 0 aliphatic heterocycles. The first-order valence-corrected chi connectivity index (χ1v) is 7.29. The molecule has 2 rings (SSSR count). The number of carbonyl (C=O) groups excluding carboxylic acids is 1. The van der Waals surface area contributed by atoms with Crippen LogP contribution in [0.1, 0.15) is 31.3 Å². The highest BCUT2D eigenvalue weighted by Gasteiger charge is 2.13. The highest BCUT2D eigenvalue weighted by atomic mass is 19.1. The predicted octanol–water partition coefficient (Wildman–Crippen LogP) is 2.01. The Bertz CT molecular complexity index is 674. The monoisotopic (exact) mass is 321 g/mol. The molecule has 0 saturated heterocycles. The van der Waals surface area contributed by atoms with Gasteiger partial charge < -0.3 is 19.9 Å². The van der Waals surface area contributed by atoms with Gasteiger partial charge in [-0.25, -0.2) is 9.18 Å². The minimum absolute atomic E-state index is 0.171. The van der Waals surface area contributed by atoms with E-state index in [1.807, 2.05) is 11.5 Å². The third-order valence-electron chi connectivity index (χ3n) is 3.47. The fraction of sp³-hybridized carbons (Fsp3) is 0.400. The molecule has 0 aliphatic carbocycles. The zero-order chi connectivity index (χ0) is 16.8. The van der Waals surface area contributed by atoms with E-state index < -0.39 is 5.82 Å². The maximum atomic E-state index is 13.7. The van der Waals surface area contributed by atoms with Gasteiger partial charge in [0.2, 0.25) is 0 Å². The molecular weight excluding hydrogens is 301 g/mol. The van der Waals surface area contributed by atoms with Crippen LogP contribution in [0.2, 0.25) is 0 Å². The second kappa shape index (κ2) is 7.57. The summed E-state index contributed by atoms with van der Waals surface area (Å²) in [5.41, 5.74) is 0.648. The van der Waals surface area contributed by atoms with E-state index in [-0.39, 0.29) is 24.4 Å². The molecular formula is C15H20FN5O2. The van der Waals surface area contributed by atoms with Crippen LogP contribution in [0.25, 0.3) is 0 Å². The van der Waals surface area contributed by atoms with Crippen molar-refractivity contribution >= 4 is 6.03 Å². The SMILES string of the molecule is CCn1cnnc1CNC(=O)NC(C)c1ccc(OC)c(F)c1. The minimum Gasteiger partial charge on any atom is -0.494 e. The largest absolute Gasteiger partial charge is 0.494 e. The fourth-order valence-electron chi connectivity index (χ4n) is 2.12. The molecule has 23 heavy (non-hydrogen) atoms. The maximum Gasteiger partial charge on any atom is 0.315 e. The van der Waals surface area contributed by atoms with Gasteiger partial charge >= 0.3 is 6.03 Å². The van der Waals surface area contributed by atoms with Crippen molar-refractivity contribution in [2.45, 2.75) is 33.0 Å². The summed E-state index contributed by atoms with van der Waals surface area (Å²) < 4.78 is 20.4. The van der Waals surface area contributed by atoms with Crippen molar-refractivity contribution in [1.82, 2.24) is 25.4 Å². The highest BCUT2D eigenvalue weighted by Crippen LogP contribution is 2.21. The summed E-state index contributed by atoms with van der Waals surface area (Å²) in [6, 6.07) is 3.88. The molecule has 2 N–H and O–H groups in total. The number of carbonyl (C=O) groups is 1. The molecule has 1 aromatic heterocycles. The lowest BCUT2D eigenvalue weighted by molar-refractivity contribution is 0.237. The Kier molecular flexibility index (Phi) is 5.51. The minimum atomic E-state index is -0.463. The molecule has 7 nitrogen and oxygen atoms in total. The lowest BCUT2D eigenvalue weighted by Crippen LogP contribution is -2.37. The molecule has 0 spiro atoms. The van der Waals surface area contributed by atoms with Gasteiger partial charge in [-0.05, 0) is 31.5 Å². The van der Waals surface area contributed by atoms with Crippen LogP contribution in [0, 0.1) is 5.82 Å². The molecule has 1 aromatic carbocycles. The smallest absolute Gasteiger partial charge is 0.315 e. The van der Waals surface area contributed by atoms with Crippen LogP contribution in [0.15, 0.2) is 24.5 Å². The van der Waals surface area contributed by atoms with Crippen LogP contribution >= 0.6 is 0 Å². The van der Waals surface area contributed by atoms with Gasteiger partial charge in [-0.15, -0.1) is 10.2 Å². The van der Waals surface area contributed by atoms with Gasteiger partial charge in [0.05, 0.1) is 19.7 Å². The van der Waals surface area contributed by atoms with Gasteiger partial charge in [0.25, 0.3) is 0 Å². The predicted molar refractivity (Wildman–Crippen MR) is 82.4 cm³/mol. The lowest BCUT2D eigenvalue weighted by atomic mass is 10.1. The van der Waals surface area contributed by atoms with E-state index in [0.717, 1.165) is 6.54 Å². The number of halogens is 1. The first-order chi connectivity index (χ1) is 11.0. The standard InChI is InChI=1S/C15H20FN5O2/c1-4-21-9-18-20-14(21)8-17-15(22)19-10(2)11-5-6-13(23-3)12(16)7-11/h5-7,9-10H,4,8H2,1-3H3,(H2,17,19,22). The summed E-state index contributed by atoms with van der Waals surface area (Å²) in [6.45, 7) is 4.74. The van der Waals surface area contributed by atoms with Gasteiger partial charge in [0.1, 0.15) is 6.33 Å². The lowest BCUT2D eigenvalue weighted by Gasteiger charge is -2.16. The number of nitrogens with one attached hydrogen (secondary N) is 2. The Morgan fingerprint density at radius 3 is 2.91 bits per heavy atom. The molecule has 0 aliphatic rings. The average Bonchev–Trinajstić information content (AvgIpc) is 3.00. The van der Waals surface area contributed by atoms with Crippen molar-refractivity contribution in [3.05, 3.63) is 41.7 Å². The molecule has 2 aromatic rings. The van der Waals surface area contributed by atoms with E-state index in [1.54, 1.807) is 19.3 Å². The number of aryl methyl sites for hydroxylation is 1. The quantitative estimate of drug-likeness (QED) is 0.853. The van der Waals surface area contributed by atoms with E-state index in [2.05, 4.69) is 20.8 Å². The van der Waals surface area contributed by atoms with Gasteiger partial charge in [-0.3, -0.25) is 0 Å². The van der Waals surface area contributed by atoms with Gasteiger partial charge in [-0.2, -0.15) is 0 Å². The number of methoxy groups -OCH3 is 1. The molecule has 0 bridgehead atoms. The van der Waals surface area contributed by atoms with Crippen molar-refractivity contribution in [3.8, 4) is 5.75 Å². The van der Waals surface area contributed by atoms with E-state index in [4.69, 9.17) is 4.74 Å². The summed E-state index contributed by atoms with van der Waals surface area (Å²) in [5, 5.41) is 13.2. The molecule has 1 unspecified atom stereocenters. The molecule has 0 fully saturated rings. The molecule has 124 valence electrons. The van der Waals surface area contributed by atoms with Crippen LogP contribution < -0.4 is 15.4 Å². The zero-order valence-corrected chi connectivity index (χ0v) is 13.3. The number of urea groups is 1. The number of ether oxygens (including phenoxy) is 1. The van der Waals surface area contributed by atoms with Crippen LogP contribution in [0.4, 0.5) is 9.18 Å². The fourth-order valence-corrected chi connectivity index (χ4v) is 2.12. The number of hydrogen-bond acceptors (Lipinski definition) is 4. The average molecular weight is 321 g/mol. The number of benzene rings is 1. The third kappa shape index (κ3) is 4.18. The number of amides is 2. The number of aromatic nitrogens is 3.